The number of pyridine rings is 1. The van der Waals surface area contributed by atoms with E-state index in [0.29, 0.717) is 31.9 Å². The predicted octanol–water partition coefficient (Wildman–Crippen LogP) is 3.46. The minimum absolute atomic E-state index is 0.0399. The molecular formula is C21H21N3O3. The number of benzene rings is 2. The lowest BCUT2D eigenvalue weighted by molar-refractivity contribution is 0.0303. The van der Waals surface area contributed by atoms with Gasteiger partial charge in [0.2, 0.25) is 0 Å². The van der Waals surface area contributed by atoms with Crippen molar-refractivity contribution in [3.8, 4) is 5.75 Å². The number of hydrogen-bond donors (Lipinski definition) is 1. The van der Waals surface area contributed by atoms with Crippen LogP contribution in [-0.2, 0) is 4.74 Å². The topological polar surface area (TPSA) is 63.7 Å². The highest BCUT2D eigenvalue weighted by Gasteiger charge is 2.23. The Hall–Kier alpha value is -3.12. The number of amides is 1. The second kappa shape index (κ2) is 7.63. The van der Waals surface area contributed by atoms with E-state index in [9.17, 15) is 4.79 Å². The molecule has 0 bridgehead atoms. The number of anilines is 2. The maximum absolute atomic E-state index is 13.1. The molecule has 0 radical (unpaired) electrons. The summed E-state index contributed by atoms with van der Waals surface area (Å²) >= 11 is 0. The van der Waals surface area contributed by atoms with Crippen LogP contribution in [0.3, 0.4) is 0 Å². The highest BCUT2D eigenvalue weighted by Crippen LogP contribution is 2.31. The maximum Gasteiger partial charge on any atom is 0.257 e. The van der Waals surface area contributed by atoms with Crippen LogP contribution in [0.5, 0.6) is 5.75 Å². The molecule has 1 aliphatic rings. The third-order valence-corrected chi connectivity index (χ3v) is 4.64. The Bertz CT molecular complexity index is 968. The molecule has 1 saturated heterocycles. The van der Waals surface area contributed by atoms with Gasteiger partial charge in [0.05, 0.1) is 37.1 Å². The van der Waals surface area contributed by atoms with Crippen LogP contribution >= 0.6 is 0 Å². The number of carbonyl (C=O) groups excluding carboxylic acids is 1. The van der Waals surface area contributed by atoms with E-state index < -0.39 is 0 Å². The van der Waals surface area contributed by atoms with Gasteiger partial charge < -0.3 is 19.7 Å². The van der Waals surface area contributed by atoms with Gasteiger partial charge in [0.1, 0.15) is 5.75 Å². The predicted molar refractivity (Wildman–Crippen MR) is 105 cm³/mol. The van der Waals surface area contributed by atoms with Crippen molar-refractivity contribution >= 4 is 28.2 Å². The monoisotopic (exact) mass is 363 g/mol. The molecule has 0 spiro atoms. The van der Waals surface area contributed by atoms with Gasteiger partial charge in [0.15, 0.2) is 0 Å². The summed E-state index contributed by atoms with van der Waals surface area (Å²) < 4.78 is 10.7. The smallest absolute Gasteiger partial charge is 0.257 e. The number of morpholine rings is 1. The van der Waals surface area contributed by atoms with Crippen molar-refractivity contribution in [1.29, 1.82) is 0 Å². The molecule has 0 unspecified atom stereocenters. The minimum Gasteiger partial charge on any atom is -0.497 e. The number of methoxy groups -OCH3 is 1. The second-order valence-electron chi connectivity index (χ2n) is 6.33. The first-order chi connectivity index (χ1) is 13.3. The van der Waals surface area contributed by atoms with Gasteiger partial charge in [0, 0.05) is 36.4 Å². The first-order valence-electron chi connectivity index (χ1n) is 8.92. The number of carbonyl (C=O) groups is 1. The van der Waals surface area contributed by atoms with E-state index in [-0.39, 0.29) is 5.91 Å². The van der Waals surface area contributed by atoms with Crippen molar-refractivity contribution < 1.29 is 14.3 Å². The summed E-state index contributed by atoms with van der Waals surface area (Å²) in [6.07, 6.45) is 1.66. The average Bonchev–Trinajstić information content (AvgIpc) is 2.74. The molecule has 6 heteroatoms. The van der Waals surface area contributed by atoms with Gasteiger partial charge in [-0.25, -0.2) is 0 Å². The van der Waals surface area contributed by atoms with Crippen molar-refractivity contribution in [2.75, 3.05) is 38.7 Å². The van der Waals surface area contributed by atoms with Gasteiger partial charge in [-0.2, -0.15) is 0 Å². The first-order valence-corrected chi connectivity index (χ1v) is 8.92. The van der Waals surface area contributed by atoms with Gasteiger partial charge in [0.25, 0.3) is 5.91 Å². The van der Waals surface area contributed by atoms with Crippen molar-refractivity contribution in [2.45, 2.75) is 0 Å². The lowest BCUT2D eigenvalue weighted by atomic mass is 10.1. The third kappa shape index (κ3) is 3.57. The summed E-state index contributed by atoms with van der Waals surface area (Å²) in [6.45, 7) is 2.30. The fourth-order valence-electron chi connectivity index (χ4n) is 3.22. The van der Waals surface area contributed by atoms with E-state index in [1.165, 1.54) is 0 Å². The number of nitrogens with zero attached hydrogens (tertiary/aromatic N) is 2. The Morgan fingerprint density at radius 2 is 1.96 bits per heavy atom. The number of nitrogens with one attached hydrogen (secondary N) is 1. The molecule has 4 rings (SSSR count). The highest BCUT2D eigenvalue weighted by atomic mass is 16.5. The number of hydrogen-bond acceptors (Lipinski definition) is 5. The van der Waals surface area contributed by atoms with E-state index in [0.717, 1.165) is 28.0 Å². The van der Waals surface area contributed by atoms with Gasteiger partial charge in [-0.15, -0.1) is 0 Å². The second-order valence-corrected chi connectivity index (χ2v) is 6.33. The summed E-state index contributed by atoms with van der Waals surface area (Å²) in [6, 6.07) is 15.4. The van der Waals surface area contributed by atoms with Crippen LogP contribution in [-0.4, -0.2) is 49.2 Å². The van der Waals surface area contributed by atoms with Crippen LogP contribution in [0.1, 0.15) is 10.4 Å². The normalized spacial score (nSPS) is 14.2. The molecule has 1 aromatic heterocycles. The molecule has 0 saturated carbocycles. The van der Waals surface area contributed by atoms with Crippen molar-refractivity contribution in [3.63, 3.8) is 0 Å². The van der Waals surface area contributed by atoms with Gasteiger partial charge >= 0.3 is 0 Å². The van der Waals surface area contributed by atoms with Crippen LogP contribution in [0.15, 0.2) is 54.7 Å². The standard InChI is InChI=1S/C21H21N3O3/c1-26-16-6-4-5-15(13-16)23-20-17-7-2-3-8-19(17)22-14-18(20)21(25)24-9-11-27-12-10-24/h2-8,13-14H,9-12H2,1H3,(H,22,23). The zero-order valence-electron chi connectivity index (χ0n) is 15.1. The van der Waals surface area contributed by atoms with E-state index in [2.05, 4.69) is 10.3 Å². The average molecular weight is 363 g/mol. The van der Waals surface area contributed by atoms with Gasteiger partial charge in [-0.05, 0) is 18.2 Å². The third-order valence-electron chi connectivity index (χ3n) is 4.64. The Balaban J connectivity index is 1.78. The Morgan fingerprint density at radius 1 is 1.15 bits per heavy atom. The fourth-order valence-corrected chi connectivity index (χ4v) is 3.22. The minimum atomic E-state index is -0.0399. The molecule has 6 nitrogen and oxygen atoms in total. The SMILES string of the molecule is COc1cccc(Nc2c(C(=O)N3CCOCC3)cnc3ccccc23)c1. The van der Waals surface area contributed by atoms with Crippen LogP contribution in [0.25, 0.3) is 10.9 Å². The Morgan fingerprint density at radius 3 is 2.78 bits per heavy atom. The molecule has 2 heterocycles. The number of aromatic nitrogens is 1. The molecule has 1 N–H and O–H groups in total. The lowest BCUT2D eigenvalue weighted by Crippen LogP contribution is -2.41. The van der Waals surface area contributed by atoms with Crippen LogP contribution in [0, 0.1) is 0 Å². The van der Waals surface area contributed by atoms with Crippen molar-refractivity contribution in [3.05, 3.63) is 60.3 Å². The molecule has 1 fully saturated rings. The van der Waals surface area contributed by atoms with Gasteiger partial charge in [-0.1, -0.05) is 24.3 Å². The Labute approximate surface area is 157 Å². The lowest BCUT2D eigenvalue weighted by Gasteiger charge is -2.28. The first kappa shape index (κ1) is 17.3. The fraction of sp³-hybridized carbons (Fsp3) is 0.238. The zero-order chi connectivity index (χ0) is 18.6. The van der Waals surface area contributed by atoms with E-state index in [1.54, 1.807) is 13.3 Å². The molecule has 0 atom stereocenters. The van der Waals surface area contributed by atoms with Crippen LogP contribution < -0.4 is 10.1 Å². The van der Waals surface area contributed by atoms with Gasteiger partial charge in [-0.3, -0.25) is 9.78 Å². The molecular weight excluding hydrogens is 342 g/mol. The van der Waals surface area contributed by atoms with E-state index in [4.69, 9.17) is 9.47 Å². The molecule has 2 aromatic carbocycles. The number of fused-ring (bicyclic) bond motifs is 1. The number of ether oxygens (including phenoxy) is 2. The van der Waals surface area contributed by atoms with E-state index >= 15 is 0 Å². The molecule has 27 heavy (non-hydrogen) atoms. The summed E-state index contributed by atoms with van der Waals surface area (Å²) in [4.78, 5) is 19.4. The highest BCUT2D eigenvalue weighted by molar-refractivity contribution is 6.08. The summed E-state index contributed by atoms with van der Waals surface area (Å²) in [5.74, 6) is 0.710. The molecule has 138 valence electrons. The van der Waals surface area contributed by atoms with E-state index in [1.807, 2.05) is 53.4 Å². The maximum atomic E-state index is 13.1. The largest absolute Gasteiger partial charge is 0.497 e. The van der Waals surface area contributed by atoms with Crippen molar-refractivity contribution in [2.24, 2.45) is 0 Å². The summed E-state index contributed by atoms with van der Waals surface area (Å²) in [5.41, 5.74) is 2.99. The molecule has 0 aliphatic carbocycles. The summed E-state index contributed by atoms with van der Waals surface area (Å²) in [5, 5.41) is 4.31. The molecule has 1 amide bonds. The number of para-hydroxylation sites is 1. The quantitative estimate of drug-likeness (QED) is 0.769. The Kier molecular flexibility index (Phi) is 4.89. The number of rotatable bonds is 4. The molecule has 3 aromatic rings. The zero-order valence-corrected chi connectivity index (χ0v) is 15.1. The molecule has 1 aliphatic heterocycles. The van der Waals surface area contributed by atoms with Crippen LogP contribution in [0.2, 0.25) is 0 Å². The summed E-state index contributed by atoms with van der Waals surface area (Å²) in [7, 11) is 1.63. The van der Waals surface area contributed by atoms with Crippen molar-refractivity contribution in [1.82, 2.24) is 9.88 Å². The van der Waals surface area contributed by atoms with Crippen LogP contribution in [0.4, 0.5) is 11.4 Å².